The Hall–Kier alpha value is -2.05. The molecule has 0 saturated heterocycles. The molecule has 1 unspecified atom stereocenters. The van der Waals surface area contributed by atoms with Crippen molar-refractivity contribution in [3.8, 4) is 0 Å². The second-order valence-corrected chi connectivity index (χ2v) is 4.07. The maximum atomic E-state index is 11.6. The van der Waals surface area contributed by atoms with Crippen LogP contribution in [0.25, 0.3) is 0 Å². The molecule has 0 fully saturated rings. The van der Waals surface area contributed by atoms with Crippen molar-refractivity contribution in [1.29, 1.82) is 0 Å². The molecule has 1 rings (SSSR count). The summed E-state index contributed by atoms with van der Waals surface area (Å²) in [5.74, 6) is 0.651. The number of nitrogens with zero attached hydrogens (tertiary/aromatic N) is 2. The molecule has 1 atom stereocenters. The van der Waals surface area contributed by atoms with Gasteiger partial charge in [0, 0.05) is 12.1 Å². The van der Waals surface area contributed by atoms with Crippen molar-refractivity contribution in [2.45, 2.75) is 32.9 Å². The number of nitrogen functional groups attached to an aromatic ring is 2. The Kier molecular flexibility index (Phi) is 4.08. The van der Waals surface area contributed by atoms with Crippen molar-refractivity contribution in [3.05, 3.63) is 6.07 Å². The summed E-state index contributed by atoms with van der Waals surface area (Å²) in [4.78, 5) is 19.3. The molecule has 7 nitrogen and oxygen atoms in total. The van der Waals surface area contributed by atoms with Gasteiger partial charge >= 0.3 is 0 Å². The van der Waals surface area contributed by atoms with Gasteiger partial charge in [-0.15, -0.1) is 0 Å². The van der Waals surface area contributed by atoms with Gasteiger partial charge in [0.05, 0.1) is 0 Å². The minimum Gasteiger partial charge on any atom is -0.383 e. The summed E-state index contributed by atoms with van der Waals surface area (Å²) >= 11 is 0. The third kappa shape index (κ3) is 4.13. The molecule has 0 aliphatic carbocycles. The average Bonchev–Trinajstić information content (AvgIpc) is 2.14. The molecule has 1 amide bonds. The molecular formula is C10H18N6O. The fraction of sp³-hybridized carbons (Fsp3) is 0.500. The lowest BCUT2D eigenvalue weighted by Gasteiger charge is -2.16. The number of aromatic nitrogens is 2. The molecule has 0 saturated carbocycles. The number of rotatable bonds is 4. The lowest BCUT2D eigenvalue weighted by atomic mass is 10.3. The van der Waals surface area contributed by atoms with Crippen LogP contribution in [0.1, 0.15) is 20.8 Å². The first-order valence-corrected chi connectivity index (χ1v) is 5.35. The highest BCUT2D eigenvalue weighted by molar-refractivity contribution is 5.84. The van der Waals surface area contributed by atoms with Gasteiger partial charge in [-0.3, -0.25) is 4.79 Å². The molecule has 0 aromatic carbocycles. The van der Waals surface area contributed by atoms with Crippen LogP contribution >= 0.6 is 0 Å². The molecule has 0 spiro atoms. The lowest BCUT2D eigenvalue weighted by molar-refractivity contribution is -0.122. The molecule has 1 heterocycles. The van der Waals surface area contributed by atoms with Crippen LogP contribution in [0.5, 0.6) is 0 Å². The smallest absolute Gasteiger partial charge is 0.242 e. The van der Waals surface area contributed by atoms with Crippen molar-refractivity contribution >= 4 is 23.5 Å². The summed E-state index contributed by atoms with van der Waals surface area (Å²) < 4.78 is 0. The van der Waals surface area contributed by atoms with E-state index in [1.54, 1.807) is 6.92 Å². The van der Waals surface area contributed by atoms with Crippen LogP contribution in [0.2, 0.25) is 0 Å². The molecule has 1 aromatic rings. The van der Waals surface area contributed by atoms with Crippen LogP contribution in [0.4, 0.5) is 17.6 Å². The van der Waals surface area contributed by atoms with Gasteiger partial charge in [0.25, 0.3) is 0 Å². The summed E-state index contributed by atoms with van der Waals surface area (Å²) in [6.07, 6.45) is 0. The van der Waals surface area contributed by atoms with Crippen LogP contribution in [0.3, 0.4) is 0 Å². The van der Waals surface area contributed by atoms with Gasteiger partial charge in [-0.1, -0.05) is 0 Å². The Morgan fingerprint density at radius 2 is 1.94 bits per heavy atom. The second kappa shape index (κ2) is 5.33. The predicted molar refractivity (Wildman–Crippen MR) is 67.2 cm³/mol. The van der Waals surface area contributed by atoms with Crippen molar-refractivity contribution in [1.82, 2.24) is 15.3 Å². The molecule has 7 heteroatoms. The number of nitrogens with one attached hydrogen (secondary N) is 2. The number of hydrogen-bond acceptors (Lipinski definition) is 6. The summed E-state index contributed by atoms with van der Waals surface area (Å²) in [6, 6.07) is 1.19. The summed E-state index contributed by atoms with van der Waals surface area (Å²) in [7, 11) is 0. The molecular weight excluding hydrogens is 220 g/mol. The first-order valence-electron chi connectivity index (χ1n) is 5.35. The number of amides is 1. The SMILES string of the molecule is CC(C)NC(=O)C(C)Nc1cc(N)nc(N)n1. The monoisotopic (exact) mass is 238 g/mol. The molecule has 6 N–H and O–H groups in total. The van der Waals surface area contributed by atoms with Crippen molar-refractivity contribution < 1.29 is 4.79 Å². The molecule has 0 aliphatic rings. The zero-order chi connectivity index (χ0) is 13.0. The van der Waals surface area contributed by atoms with Gasteiger partial charge in [-0.25, -0.2) is 0 Å². The van der Waals surface area contributed by atoms with E-state index in [0.29, 0.717) is 5.82 Å². The van der Waals surface area contributed by atoms with E-state index in [1.807, 2.05) is 13.8 Å². The number of carbonyl (C=O) groups excluding carboxylic acids is 1. The van der Waals surface area contributed by atoms with Crippen molar-refractivity contribution in [2.24, 2.45) is 0 Å². The van der Waals surface area contributed by atoms with E-state index < -0.39 is 6.04 Å². The zero-order valence-corrected chi connectivity index (χ0v) is 10.2. The van der Waals surface area contributed by atoms with E-state index in [4.69, 9.17) is 11.5 Å². The third-order valence-electron chi connectivity index (χ3n) is 1.95. The molecule has 0 aliphatic heterocycles. The highest BCUT2D eigenvalue weighted by Gasteiger charge is 2.14. The number of anilines is 3. The Labute approximate surface area is 100 Å². The molecule has 94 valence electrons. The summed E-state index contributed by atoms with van der Waals surface area (Å²) in [5, 5.41) is 5.69. The number of nitrogens with two attached hydrogens (primary N) is 2. The van der Waals surface area contributed by atoms with Crippen LogP contribution < -0.4 is 22.1 Å². The van der Waals surface area contributed by atoms with Gasteiger partial charge in [0.2, 0.25) is 11.9 Å². The van der Waals surface area contributed by atoms with Crippen LogP contribution in [-0.4, -0.2) is 28.0 Å². The number of carbonyl (C=O) groups is 1. The summed E-state index contributed by atoms with van der Waals surface area (Å²) in [6.45, 7) is 5.52. The van der Waals surface area contributed by atoms with Crippen LogP contribution in [0, 0.1) is 0 Å². The van der Waals surface area contributed by atoms with Crippen LogP contribution in [-0.2, 0) is 4.79 Å². The standard InChI is InChI=1S/C10H18N6O/c1-5(2)13-9(17)6(3)14-8-4-7(11)15-10(12)16-8/h4-6H,1-3H3,(H,13,17)(H5,11,12,14,15,16). The van der Waals surface area contributed by atoms with E-state index in [1.165, 1.54) is 6.07 Å². The minimum atomic E-state index is -0.425. The fourth-order valence-electron chi connectivity index (χ4n) is 1.26. The van der Waals surface area contributed by atoms with E-state index in [2.05, 4.69) is 20.6 Å². The van der Waals surface area contributed by atoms with Gasteiger partial charge in [-0.2, -0.15) is 9.97 Å². The largest absolute Gasteiger partial charge is 0.383 e. The maximum absolute atomic E-state index is 11.6. The molecule has 17 heavy (non-hydrogen) atoms. The molecule has 1 aromatic heterocycles. The highest BCUT2D eigenvalue weighted by atomic mass is 16.2. The second-order valence-electron chi connectivity index (χ2n) is 4.07. The van der Waals surface area contributed by atoms with Gasteiger partial charge in [-0.05, 0) is 20.8 Å². The maximum Gasteiger partial charge on any atom is 0.242 e. The Morgan fingerprint density at radius 3 is 2.47 bits per heavy atom. The van der Waals surface area contributed by atoms with Crippen molar-refractivity contribution in [2.75, 3.05) is 16.8 Å². The first kappa shape index (κ1) is 13.0. The average molecular weight is 238 g/mol. The number of hydrogen-bond donors (Lipinski definition) is 4. The van der Waals surface area contributed by atoms with Gasteiger partial charge in [0.15, 0.2) is 0 Å². The predicted octanol–water partition coefficient (Wildman–Crippen LogP) is -0.0340. The van der Waals surface area contributed by atoms with E-state index in [-0.39, 0.29) is 23.7 Å². The van der Waals surface area contributed by atoms with Gasteiger partial charge < -0.3 is 22.1 Å². The third-order valence-corrected chi connectivity index (χ3v) is 1.95. The zero-order valence-electron chi connectivity index (χ0n) is 10.2. The fourth-order valence-corrected chi connectivity index (χ4v) is 1.26. The van der Waals surface area contributed by atoms with E-state index in [9.17, 15) is 4.79 Å². The Morgan fingerprint density at radius 1 is 1.29 bits per heavy atom. The lowest BCUT2D eigenvalue weighted by Crippen LogP contribution is -2.41. The minimum absolute atomic E-state index is 0.0731. The summed E-state index contributed by atoms with van der Waals surface area (Å²) in [5.41, 5.74) is 11.0. The highest BCUT2D eigenvalue weighted by Crippen LogP contribution is 2.10. The van der Waals surface area contributed by atoms with Gasteiger partial charge in [0.1, 0.15) is 17.7 Å². The quantitative estimate of drug-likeness (QED) is 0.584. The van der Waals surface area contributed by atoms with Crippen molar-refractivity contribution in [3.63, 3.8) is 0 Å². The topological polar surface area (TPSA) is 119 Å². The molecule has 0 radical (unpaired) electrons. The Balaban J connectivity index is 2.67. The Bertz CT molecular complexity index is 386. The molecule has 0 bridgehead atoms. The normalized spacial score (nSPS) is 12.2. The van der Waals surface area contributed by atoms with E-state index >= 15 is 0 Å². The van der Waals surface area contributed by atoms with E-state index in [0.717, 1.165) is 0 Å². The van der Waals surface area contributed by atoms with Crippen LogP contribution in [0.15, 0.2) is 6.07 Å². The first-order chi connectivity index (χ1) is 7.88.